The van der Waals surface area contributed by atoms with E-state index in [2.05, 4.69) is 35.3 Å². The van der Waals surface area contributed by atoms with E-state index in [4.69, 9.17) is 5.10 Å². The van der Waals surface area contributed by atoms with Gasteiger partial charge in [0, 0.05) is 32.1 Å². The van der Waals surface area contributed by atoms with E-state index in [1.807, 2.05) is 53.3 Å². The minimum atomic E-state index is 0.103. The topological polar surface area (TPSA) is 51.0 Å². The first kappa shape index (κ1) is 19.6. The van der Waals surface area contributed by atoms with Crippen molar-refractivity contribution in [1.29, 1.82) is 0 Å². The molecule has 0 aliphatic carbocycles. The fraction of sp³-hybridized carbons (Fsp3) is 0.160. The number of rotatable bonds is 6. The molecular weight excluding hydrogens is 372 g/mol. The van der Waals surface area contributed by atoms with Crippen LogP contribution in [0, 0.1) is 0 Å². The third-order valence-electron chi connectivity index (χ3n) is 4.99. The molecule has 150 valence electrons. The highest BCUT2D eigenvalue weighted by atomic mass is 16.2. The lowest BCUT2D eigenvalue weighted by atomic mass is 10.00. The molecule has 0 saturated heterocycles. The molecule has 2 aromatic carbocycles. The molecule has 0 aliphatic rings. The lowest BCUT2D eigenvalue weighted by Crippen LogP contribution is -2.23. The molecule has 0 N–H and O–H groups in total. The van der Waals surface area contributed by atoms with Gasteiger partial charge in [-0.2, -0.15) is 5.10 Å². The molecule has 0 aliphatic heterocycles. The van der Waals surface area contributed by atoms with Crippen LogP contribution in [0.15, 0.2) is 85.2 Å². The largest absolute Gasteiger partial charge is 0.349 e. The molecule has 5 heteroatoms. The number of likely N-dealkylation sites (N-methyl/N-ethyl adjacent to an activating group) is 1. The normalized spacial score (nSPS) is 10.7. The number of amides is 1. The fourth-order valence-corrected chi connectivity index (χ4v) is 3.27. The minimum Gasteiger partial charge on any atom is -0.349 e. The van der Waals surface area contributed by atoms with Crippen LogP contribution in [0.25, 0.3) is 22.4 Å². The Balaban J connectivity index is 1.51. The van der Waals surface area contributed by atoms with Crippen LogP contribution in [-0.4, -0.2) is 39.7 Å². The second-order valence-electron chi connectivity index (χ2n) is 7.46. The summed E-state index contributed by atoms with van der Waals surface area (Å²) in [6.45, 7) is 0.646. The quantitative estimate of drug-likeness (QED) is 0.488. The van der Waals surface area contributed by atoms with Crippen molar-refractivity contribution in [2.24, 2.45) is 0 Å². The molecule has 30 heavy (non-hydrogen) atoms. The Labute approximate surface area is 176 Å². The molecule has 0 radical (unpaired) electrons. The Kier molecular flexibility index (Phi) is 5.70. The van der Waals surface area contributed by atoms with E-state index in [1.165, 1.54) is 0 Å². The summed E-state index contributed by atoms with van der Waals surface area (Å²) in [6.07, 6.45) is 4.19. The van der Waals surface area contributed by atoms with E-state index in [0.29, 0.717) is 13.0 Å². The van der Waals surface area contributed by atoms with Crippen molar-refractivity contribution in [3.05, 3.63) is 96.4 Å². The summed E-state index contributed by atoms with van der Waals surface area (Å²) in [7, 11) is 3.56. The highest BCUT2D eigenvalue weighted by Gasteiger charge is 2.08. The molecule has 0 bridgehead atoms. The summed E-state index contributed by atoms with van der Waals surface area (Å²) in [5.74, 6) is 0.103. The molecular formula is C25H24N4O. The van der Waals surface area contributed by atoms with Gasteiger partial charge in [-0.15, -0.1) is 0 Å². The van der Waals surface area contributed by atoms with Crippen LogP contribution < -0.4 is 0 Å². The first-order valence-electron chi connectivity index (χ1n) is 9.92. The smallest absolute Gasteiger partial charge is 0.226 e. The highest BCUT2D eigenvalue weighted by molar-refractivity contribution is 5.78. The van der Waals surface area contributed by atoms with Gasteiger partial charge >= 0.3 is 0 Å². The zero-order valence-electron chi connectivity index (χ0n) is 17.2. The van der Waals surface area contributed by atoms with Gasteiger partial charge in [-0.05, 0) is 41.0 Å². The van der Waals surface area contributed by atoms with Crippen molar-refractivity contribution in [3.8, 4) is 22.4 Å². The SMILES string of the molecule is CN(C)C(=O)Cc1ccc(-c2cccc(-c3ccn(Cc4ccccn4)n3)c2)cc1. The summed E-state index contributed by atoms with van der Waals surface area (Å²) < 4.78 is 1.90. The summed E-state index contributed by atoms with van der Waals surface area (Å²) in [5.41, 5.74) is 6.24. The van der Waals surface area contributed by atoms with Crippen molar-refractivity contribution in [1.82, 2.24) is 19.7 Å². The maximum Gasteiger partial charge on any atom is 0.226 e. The molecule has 4 aromatic rings. The van der Waals surface area contributed by atoms with Gasteiger partial charge < -0.3 is 4.90 Å². The van der Waals surface area contributed by atoms with E-state index >= 15 is 0 Å². The van der Waals surface area contributed by atoms with E-state index in [9.17, 15) is 4.79 Å². The second-order valence-corrected chi connectivity index (χ2v) is 7.46. The first-order valence-corrected chi connectivity index (χ1v) is 9.92. The van der Waals surface area contributed by atoms with Crippen LogP contribution in [0.5, 0.6) is 0 Å². The van der Waals surface area contributed by atoms with Crippen LogP contribution in [0.4, 0.5) is 0 Å². The average Bonchev–Trinajstić information content (AvgIpc) is 3.23. The Bertz CT molecular complexity index is 1130. The molecule has 1 amide bonds. The Morgan fingerprint density at radius 1 is 0.900 bits per heavy atom. The third kappa shape index (κ3) is 4.63. The summed E-state index contributed by atoms with van der Waals surface area (Å²) >= 11 is 0. The summed E-state index contributed by atoms with van der Waals surface area (Å²) in [6, 6.07) is 24.4. The first-order chi connectivity index (χ1) is 14.6. The predicted octanol–water partition coefficient (Wildman–Crippen LogP) is 4.29. The molecule has 0 atom stereocenters. The molecule has 0 spiro atoms. The Morgan fingerprint density at radius 3 is 2.43 bits per heavy atom. The van der Waals surface area contributed by atoms with Crippen LogP contribution >= 0.6 is 0 Å². The fourth-order valence-electron chi connectivity index (χ4n) is 3.27. The molecule has 4 rings (SSSR count). The van der Waals surface area contributed by atoms with E-state index in [0.717, 1.165) is 33.6 Å². The number of hydrogen-bond acceptors (Lipinski definition) is 3. The third-order valence-corrected chi connectivity index (χ3v) is 4.99. The number of carbonyl (C=O) groups excluding carboxylic acids is 1. The number of nitrogens with zero attached hydrogens (tertiary/aromatic N) is 4. The van der Waals surface area contributed by atoms with Crippen LogP contribution in [-0.2, 0) is 17.8 Å². The number of benzene rings is 2. The van der Waals surface area contributed by atoms with Gasteiger partial charge in [0.25, 0.3) is 0 Å². The number of pyridine rings is 1. The molecule has 0 saturated carbocycles. The van der Waals surface area contributed by atoms with Gasteiger partial charge in [0.2, 0.25) is 5.91 Å². The zero-order valence-corrected chi connectivity index (χ0v) is 17.2. The van der Waals surface area contributed by atoms with Gasteiger partial charge in [-0.1, -0.05) is 48.5 Å². The van der Waals surface area contributed by atoms with Gasteiger partial charge in [0.15, 0.2) is 0 Å². The van der Waals surface area contributed by atoms with Crippen molar-refractivity contribution in [2.45, 2.75) is 13.0 Å². The summed E-state index contributed by atoms with van der Waals surface area (Å²) in [5, 5.41) is 4.71. The monoisotopic (exact) mass is 396 g/mol. The van der Waals surface area contributed by atoms with Crippen molar-refractivity contribution in [2.75, 3.05) is 14.1 Å². The Morgan fingerprint density at radius 2 is 1.70 bits per heavy atom. The zero-order chi connectivity index (χ0) is 20.9. The highest BCUT2D eigenvalue weighted by Crippen LogP contribution is 2.26. The molecule has 5 nitrogen and oxygen atoms in total. The molecule has 0 fully saturated rings. The lowest BCUT2D eigenvalue weighted by Gasteiger charge is -2.10. The predicted molar refractivity (Wildman–Crippen MR) is 119 cm³/mol. The number of hydrogen-bond donors (Lipinski definition) is 0. The molecule has 2 aromatic heterocycles. The molecule has 2 heterocycles. The Hall–Kier alpha value is -3.73. The second kappa shape index (κ2) is 8.74. The van der Waals surface area contributed by atoms with E-state index in [-0.39, 0.29) is 5.91 Å². The van der Waals surface area contributed by atoms with Crippen LogP contribution in [0.3, 0.4) is 0 Å². The van der Waals surface area contributed by atoms with Gasteiger partial charge in [-0.3, -0.25) is 14.5 Å². The maximum absolute atomic E-state index is 11.9. The number of carbonyl (C=O) groups is 1. The minimum absolute atomic E-state index is 0.103. The number of aromatic nitrogens is 3. The summed E-state index contributed by atoms with van der Waals surface area (Å²) in [4.78, 5) is 17.9. The van der Waals surface area contributed by atoms with Gasteiger partial charge in [0.05, 0.1) is 24.4 Å². The van der Waals surface area contributed by atoms with Crippen molar-refractivity contribution < 1.29 is 4.79 Å². The molecule has 0 unspecified atom stereocenters. The van der Waals surface area contributed by atoms with Gasteiger partial charge in [0.1, 0.15) is 0 Å². The standard InChI is InChI=1S/C25H24N4O/c1-28(2)25(30)16-19-9-11-20(12-10-19)21-6-5-7-22(17-21)24-13-15-29(27-24)18-23-8-3-4-14-26-23/h3-15,17H,16,18H2,1-2H3. The van der Waals surface area contributed by atoms with E-state index < -0.39 is 0 Å². The maximum atomic E-state index is 11.9. The van der Waals surface area contributed by atoms with Crippen molar-refractivity contribution >= 4 is 5.91 Å². The average molecular weight is 396 g/mol. The van der Waals surface area contributed by atoms with Crippen molar-refractivity contribution in [3.63, 3.8) is 0 Å². The van der Waals surface area contributed by atoms with Gasteiger partial charge in [-0.25, -0.2) is 0 Å². The van der Waals surface area contributed by atoms with Crippen LogP contribution in [0.1, 0.15) is 11.3 Å². The van der Waals surface area contributed by atoms with E-state index in [1.54, 1.807) is 25.2 Å². The lowest BCUT2D eigenvalue weighted by molar-refractivity contribution is -0.127. The van der Waals surface area contributed by atoms with Crippen LogP contribution in [0.2, 0.25) is 0 Å².